The number of benzene rings is 2. The SMILES string of the molecule is COCCN1C(=O)CN(C(=O)c2ccc(/C=C/c3n[nH]c4ccccc34)cc2)CC1=O. The Bertz CT molecular complexity index is 1130. The van der Waals surface area contributed by atoms with Gasteiger partial charge in [-0.2, -0.15) is 5.10 Å². The minimum absolute atomic E-state index is 0.123. The van der Waals surface area contributed by atoms with Crippen molar-refractivity contribution >= 4 is 40.8 Å². The maximum atomic E-state index is 12.8. The van der Waals surface area contributed by atoms with E-state index in [4.69, 9.17) is 4.74 Å². The number of ether oxygens (including phenoxy) is 1. The zero-order valence-corrected chi connectivity index (χ0v) is 17.1. The molecule has 31 heavy (non-hydrogen) atoms. The van der Waals surface area contributed by atoms with Crippen molar-refractivity contribution in [2.24, 2.45) is 0 Å². The van der Waals surface area contributed by atoms with Crippen LogP contribution in [0.5, 0.6) is 0 Å². The van der Waals surface area contributed by atoms with Crippen molar-refractivity contribution in [3.63, 3.8) is 0 Å². The fourth-order valence-electron chi connectivity index (χ4n) is 3.47. The van der Waals surface area contributed by atoms with Gasteiger partial charge >= 0.3 is 0 Å². The van der Waals surface area contributed by atoms with Crippen molar-refractivity contribution in [2.45, 2.75) is 0 Å². The number of piperazine rings is 1. The molecule has 1 saturated heterocycles. The van der Waals surface area contributed by atoms with Crippen LogP contribution < -0.4 is 0 Å². The summed E-state index contributed by atoms with van der Waals surface area (Å²) in [4.78, 5) is 39.7. The van der Waals surface area contributed by atoms with Crippen molar-refractivity contribution in [1.29, 1.82) is 0 Å². The van der Waals surface area contributed by atoms with E-state index < -0.39 is 11.8 Å². The molecule has 1 aliphatic heterocycles. The molecule has 2 aromatic carbocycles. The molecule has 0 atom stereocenters. The Hall–Kier alpha value is -3.78. The molecule has 0 aliphatic carbocycles. The lowest BCUT2D eigenvalue weighted by molar-refractivity contribution is -0.150. The first-order valence-corrected chi connectivity index (χ1v) is 9.89. The minimum atomic E-state index is -0.396. The summed E-state index contributed by atoms with van der Waals surface area (Å²) in [7, 11) is 1.50. The van der Waals surface area contributed by atoms with Gasteiger partial charge in [0, 0.05) is 18.1 Å². The van der Waals surface area contributed by atoms with Gasteiger partial charge in [-0.1, -0.05) is 36.4 Å². The van der Waals surface area contributed by atoms with E-state index in [1.165, 1.54) is 12.0 Å². The van der Waals surface area contributed by atoms with Crippen molar-refractivity contribution in [3.8, 4) is 0 Å². The van der Waals surface area contributed by atoms with Gasteiger partial charge in [0.2, 0.25) is 11.8 Å². The first-order valence-electron chi connectivity index (χ1n) is 9.89. The van der Waals surface area contributed by atoms with E-state index in [0.717, 1.165) is 27.1 Å². The van der Waals surface area contributed by atoms with E-state index in [1.807, 2.05) is 48.6 Å². The fourth-order valence-corrected chi connectivity index (χ4v) is 3.47. The van der Waals surface area contributed by atoms with Crippen LogP contribution in [0.4, 0.5) is 0 Å². The molecule has 4 rings (SSSR count). The molecule has 0 spiro atoms. The second-order valence-electron chi connectivity index (χ2n) is 7.20. The van der Waals surface area contributed by atoms with E-state index in [0.29, 0.717) is 5.56 Å². The molecule has 1 aromatic heterocycles. The minimum Gasteiger partial charge on any atom is -0.383 e. The van der Waals surface area contributed by atoms with Crippen LogP contribution in [0.2, 0.25) is 0 Å². The van der Waals surface area contributed by atoms with Crippen molar-refractivity contribution in [2.75, 3.05) is 33.4 Å². The Morgan fingerprint density at radius 2 is 1.77 bits per heavy atom. The number of imide groups is 1. The van der Waals surface area contributed by atoms with E-state index in [-0.39, 0.29) is 32.1 Å². The quantitative estimate of drug-likeness (QED) is 0.619. The molecule has 0 unspecified atom stereocenters. The third-order valence-corrected chi connectivity index (χ3v) is 5.15. The summed E-state index contributed by atoms with van der Waals surface area (Å²) in [5.74, 6) is -1.14. The predicted octanol–water partition coefficient (Wildman–Crippen LogP) is 2.19. The molecule has 1 aliphatic rings. The fraction of sp³-hybridized carbons (Fsp3) is 0.217. The normalized spacial score (nSPS) is 14.7. The summed E-state index contributed by atoms with van der Waals surface area (Å²) in [6.07, 6.45) is 3.82. The Morgan fingerprint density at radius 1 is 1.06 bits per heavy atom. The molecule has 0 radical (unpaired) electrons. The molecule has 3 amide bonds. The average molecular weight is 418 g/mol. The van der Waals surface area contributed by atoms with E-state index in [9.17, 15) is 14.4 Å². The number of carbonyl (C=O) groups is 3. The molecule has 1 fully saturated rings. The summed E-state index contributed by atoms with van der Waals surface area (Å²) >= 11 is 0. The number of nitrogens with one attached hydrogen (secondary N) is 1. The number of hydrogen-bond donors (Lipinski definition) is 1. The van der Waals surface area contributed by atoms with Gasteiger partial charge in [-0.15, -0.1) is 0 Å². The summed E-state index contributed by atoms with van der Waals surface area (Å²) in [5, 5.41) is 8.33. The molecule has 0 bridgehead atoms. The van der Waals surface area contributed by atoms with Crippen LogP contribution in [0.15, 0.2) is 48.5 Å². The maximum Gasteiger partial charge on any atom is 0.254 e. The first kappa shape index (κ1) is 20.5. The molecule has 8 heteroatoms. The zero-order chi connectivity index (χ0) is 21.8. The number of carbonyl (C=O) groups excluding carboxylic acids is 3. The molecule has 8 nitrogen and oxygen atoms in total. The van der Waals surface area contributed by atoms with Crippen LogP contribution in [-0.4, -0.2) is 71.1 Å². The van der Waals surface area contributed by atoms with Crippen LogP contribution >= 0.6 is 0 Å². The Morgan fingerprint density at radius 3 is 2.48 bits per heavy atom. The Balaban J connectivity index is 1.43. The number of amides is 3. The number of fused-ring (bicyclic) bond motifs is 1. The zero-order valence-electron chi connectivity index (χ0n) is 17.1. The molecular weight excluding hydrogens is 396 g/mol. The molecule has 2 heterocycles. The second-order valence-corrected chi connectivity index (χ2v) is 7.20. The number of hydrogen-bond acceptors (Lipinski definition) is 5. The standard InChI is InChI=1S/C23H22N4O4/c1-31-13-12-27-21(28)14-26(15-22(27)29)23(30)17-9-6-16(7-10-17)8-11-20-18-4-2-3-5-19(18)24-25-20/h2-11H,12-15H2,1H3,(H,24,25)/b11-8+. The largest absolute Gasteiger partial charge is 0.383 e. The van der Waals surface area contributed by atoms with Crippen LogP contribution in [-0.2, 0) is 14.3 Å². The van der Waals surface area contributed by atoms with Gasteiger partial charge < -0.3 is 9.64 Å². The van der Waals surface area contributed by atoms with E-state index >= 15 is 0 Å². The van der Waals surface area contributed by atoms with Gasteiger partial charge in [0.25, 0.3) is 5.91 Å². The van der Waals surface area contributed by atoms with Crippen LogP contribution in [0, 0.1) is 0 Å². The monoisotopic (exact) mass is 418 g/mol. The van der Waals surface area contributed by atoms with Gasteiger partial charge in [0.15, 0.2) is 0 Å². The average Bonchev–Trinajstić information content (AvgIpc) is 3.20. The van der Waals surface area contributed by atoms with E-state index in [1.54, 1.807) is 12.1 Å². The number of aromatic nitrogens is 2. The number of rotatable bonds is 6. The van der Waals surface area contributed by atoms with Gasteiger partial charge in [-0.25, -0.2) is 0 Å². The topological polar surface area (TPSA) is 95.6 Å². The summed E-state index contributed by atoms with van der Waals surface area (Å²) in [6.45, 7) is 0.224. The number of nitrogens with zero attached hydrogens (tertiary/aromatic N) is 3. The molecule has 158 valence electrons. The van der Waals surface area contributed by atoms with Crippen LogP contribution in [0.25, 0.3) is 23.1 Å². The summed E-state index contributed by atoms with van der Waals surface area (Å²) in [5.41, 5.74) is 3.13. The highest BCUT2D eigenvalue weighted by Gasteiger charge is 2.33. The lowest BCUT2D eigenvalue weighted by atomic mass is 10.1. The third-order valence-electron chi connectivity index (χ3n) is 5.15. The highest BCUT2D eigenvalue weighted by molar-refractivity contribution is 6.05. The van der Waals surface area contributed by atoms with E-state index in [2.05, 4.69) is 10.2 Å². The highest BCUT2D eigenvalue weighted by atomic mass is 16.5. The van der Waals surface area contributed by atoms with Crippen molar-refractivity contribution in [1.82, 2.24) is 20.0 Å². The van der Waals surface area contributed by atoms with Crippen molar-refractivity contribution < 1.29 is 19.1 Å². The van der Waals surface area contributed by atoms with Crippen LogP contribution in [0.1, 0.15) is 21.6 Å². The smallest absolute Gasteiger partial charge is 0.254 e. The summed E-state index contributed by atoms with van der Waals surface area (Å²) in [6, 6.07) is 14.9. The predicted molar refractivity (Wildman–Crippen MR) is 116 cm³/mol. The second kappa shape index (κ2) is 8.93. The van der Waals surface area contributed by atoms with Gasteiger partial charge in [-0.3, -0.25) is 24.4 Å². The molecular formula is C23H22N4O4. The number of methoxy groups -OCH3 is 1. The van der Waals surface area contributed by atoms with Crippen molar-refractivity contribution in [3.05, 3.63) is 65.4 Å². The lowest BCUT2D eigenvalue weighted by Crippen LogP contribution is -2.56. The molecule has 3 aromatic rings. The van der Waals surface area contributed by atoms with Gasteiger partial charge in [0.1, 0.15) is 13.1 Å². The number of H-pyrrole nitrogens is 1. The molecule has 1 N–H and O–H groups in total. The number of aromatic amines is 1. The third kappa shape index (κ3) is 4.39. The maximum absolute atomic E-state index is 12.8. The Labute approximate surface area is 179 Å². The lowest BCUT2D eigenvalue weighted by Gasteiger charge is -2.32. The summed E-state index contributed by atoms with van der Waals surface area (Å²) < 4.78 is 4.92. The van der Waals surface area contributed by atoms with Crippen LogP contribution in [0.3, 0.4) is 0 Å². The van der Waals surface area contributed by atoms with Gasteiger partial charge in [-0.05, 0) is 29.8 Å². The highest BCUT2D eigenvalue weighted by Crippen LogP contribution is 2.18. The first-order chi connectivity index (χ1) is 15.1. The Kier molecular flexibility index (Phi) is 5.90. The van der Waals surface area contributed by atoms with Gasteiger partial charge in [0.05, 0.1) is 24.4 Å². The molecule has 0 saturated carbocycles. The number of para-hydroxylation sites is 1.